The highest BCUT2D eigenvalue weighted by atomic mass is 16.5. The van der Waals surface area contributed by atoms with Crippen LogP contribution in [0.1, 0.15) is 483 Å². The van der Waals surface area contributed by atoms with Gasteiger partial charge in [0.1, 0.15) is 0 Å². The summed E-state index contributed by atoms with van der Waals surface area (Å²) in [5.74, 6) is -0.0106. The van der Waals surface area contributed by atoms with Crippen LogP contribution in [0.15, 0.2) is 36.5 Å². The Morgan fingerprint density at radius 1 is 0.301 bits per heavy atom. The van der Waals surface area contributed by atoms with E-state index in [0.717, 1.165) is 51.4 Å². The van der Waals surface area contributed by atoms with Crippen LogP contribution in [-0.4, -0.2) is 47.4 Å². The van der Waals surface area contributed by atoms with E-state index in [0.29, 0.717) is 25.9 Å². The summed E-state index contributed by atoms with van der Waals surface area (Å²) in [6.45, 7) is 4.99. The van der Waals surface area contributed by atoms with Crippen LogP contribution in [0.3, 0.4) is 0 Å². The van der Waals surface area contributed by atoms with E-state index in [9.17, 15) is 19.8 Å². The van der Waals surface area contributed by atoms with Crippen molar-refractivity contribution in [3.05, 3.63) is 36.5 Å². The standard InChI is InChI=1S/C87H167NO5/c1-3-5-7-9-11-13-15-17-19-21-23-41-44-47-51-55-59-63-67-71-75-79-85(90)84(83-89)88-86(91)80-76-72-68-64-60-56-52-48-45-42-39-37-35-33-31-29-27-25-24-26-28-30-32-34-36-38-40-43-46-50-54-58-62-66-70-74-78-82-93-87(92)81-77-73-69-65-61-57-53-49-22-20-18-16-14-12-10-8-6-4-2/h14,16,20,22,24,26,84-85,89-90H,3-13,15,17-19,21,23,25,27-83H2,1-2H3,(H,88,91)/b16-14-,22-20-,26-24-. The maximum absolute atomic E-state index is 12.6. The molecular formula is C87H167NO5. The molecule has 93 heavy (non-hydrogen) atoms. The van der Waals surface area contributed by atoms with E-state index in [4.69, 9.17) is 4.74 Å². The van der Waals surface area contributed by atoms with E-state index < -0.39 is 12.1 Å². The molecule has 0 fully saturated rings. The fourth-order valence-electron chi connectivity index (χ4n) is 13.7. The topological polar surface area (TPSA) is 95.9 Å². The second-order valence-corrected chi connectivity index (χ2v) is 29.5. The summed E-state index contributed by atoms with van der Waals surface area (Å²) in [6, 6.07) is -0.540. The van der Waals surface area contributed by atoms with Gasteiger partial charge in [0.05, 0.1) is 25.4 Å². The molecule has 0 saturated heterocycles. The molecule has 0 radical (unpaired) electrons. The summed E-state index contributed by atoms with van der Waals surface area (Å²) in [5.41, 5.74) is 0. The number of amides is 1. The van der Waals surface area contributed by atoms with Gasteiger partial charge in [0.25, 0.3) is 0 Å². The third kappa shape index (κ3) is 79.0. The van der Waals surface area contributed by atoms with Crippen molar-refractivity contribution in [1.29, 1.82) is 0 Å². The van der Waals surface area contributed by atoms with Crippen LogP contribution in [0.25, 0.3) is 0 Å². The fraction of sp³-hybridized carbons (Fsp3) is 0.908. The molecular weight excluding hydrogens is 1140 g/mol. The van der Waals surface area contributed by atoms with Gasteiger partial charge in [-0.1, -0.05) is 423 Å². The quantitative estimate of drug-likeness (QED) is 0.0320. The van der Waals surface area contributed by atoms with Crippen LogP contribution in [0.5, 0.6) is 0 Å². The van der Waals surface area contributed by atoms with Gasteiger partial charge < -0.3 is 20.3 Å². The number of carbonyl (C=O) groups is 2. The number of carbonyl (C=O) groups excluding carboxylic acids is 2. The Morgan fingerprint density at radius 3 is 0.839 bits per heavy atom. The second kappa shape index (κ2) is 82.5. The molecule has 0 aromatic carbocycles. The number of rotatable bonds is 81. The molecule has 0 aromatic heterocycles. The van der Waals surface area contributed by atoms with Crippen LogP contribution < -0.4 is 5.32 Å². The van der Waals surface area contributed by atoms with Crippen molar-refractivity contribution in [3.8, 4) is 0 Å². The van der Waals surface area contributed by atoms with Gasteiger partial charge in [-0.05, 0) is 83.5 Å². The van der Waals surface area contributed by atoms with Crippen molar-refractivity contribution in [3.63, 3.8) is 0 Å². The van der Waals surface area contributed by atoms with E-state index in [1.165, 1.54) is 398 Å². The van der Waals surface area contributed by atoms with Crippen LogP contribution in [-0.2, 0) is 14.3 Å². The first-order valence-electron chi connectivity index (χ1n) is 42.7. The van der Waals surface area contributed by atoms with Gasteiger partial charge >= 0.3 is 5.97 Å². The van der Waals surface area contributed by atoms with Crippen molar-refractivity contribution >= 4 is 11.9 Å². The predicted molar refractivity (Wildman–Crippen MR) is 412 cm³/mol. The van der Waals surface area contributed by atoms with Crippen LogP contribution >= 0.6 is 0 Å². The van der Waals surface area contributed by atoms with Crippen molar-refractivity contribution < 1.29 is 24.5 Å². The number of unbranched alkanes of at least 4 members (excludes halogenated alkanes) is 64. The zero-order valence-corrected chi connectivity index (χ0v) is 63.3. The monoisotopic (exact) mass is 1310 g/mol. The summed E-state index contributed by atoms with van der Waals surface area (Å²) < 4.78 is 5.51. The van der Waals surface area contributed by atoms with E-state index >= 15 is 0 Å². The molecule has 0 rings (SSSR count). The molecule has 0 saturated carbocycles. The number of nitrogens with one attached hydrogen (secondary N) is 1. The Balaban J connectivity index is 3.33. The molecule has 6 nitrogen and oxygen atoms in total. The highest BCUT2D eigenvalue weighted by molar-refractivity contribution is 5.76. The van der Waals surface area contributed by atoms with Crippen molar-refractivity contribution in [1.82, 2.24) is 5.32 Å². The summed E-state index contributed by atoms with van der Waals surface area (Å²) in [7, 11) is 0. The lowest BCUT2D eigenvalue weighted by atomic mass is 10.0. The summed E-state index contributed by atoms with van der Waals surface area (Å²) >= 11 is 0. The van der Waals surface area contributed by atoms with E-state index in [2.05, 4.69) is 55.6 Å². The fourth-order valence-corrected chi connectivity index (χ4v) is 13.7. The molecule has 0 aliphatic heterocycles. The lowest BCUT2D eigenvalue weighted by Crippen LogP contribution is -2.45. The Hall–Kier alpha value is -1.92. The first kappa shape index (κ1) is 91.1. The predicted octanol–water partition coefficient (Wildman–Crippen LogP) is 28.6. The average molecular weight is 1310 g/mol. The Labute approximate surface area is 583 Å². The molecule has 1 amide bonds. The molecule has 6 heteroatoms. The highest BCUT2D eigenvalue weighted by Gasteiger charge is 2.20. The van der Waals surface area contributed by atoms with Gasteiger partial charge in [-0.25, -0.2) is 0 Å². The van der Waals surface area contributed by atoms with Gasteiger partial charge in [-0.3, -0.25) is 9.59 Å². The lowest BCUT2D eigenvalue weighted by molar-refractivity contribution is -0.143. The number of ether oxygens (including phenoxy) is 1. The first-order valence-corrected chi connectivity index (χ1v) is 42.7. The molecule has 2 atom stereocenters. The molecule has 550 valence electrons. The number of hydrogen-bond donors (Lipinski definition) is 3. The molecule has 0 heterocycles. The van der Waals surface area contributed by atoms with Crippen LogP contribution in [0.2, 0.25) is 0 Å². The van der Waals surface area contributed by atoms with Crippen molar-refractivity contribution in [2.24, 2.45) is 0 Å². The molecule has 3 N–H and O–H groups in total. The zero-order chi connectivity index (χ0) is 67.0. The number of allylic oxidation sites excluding steroid dienone is 6. The normalized spacial score (nSPS) is 12.6. The third-order valence-corrected chi connectivity index (χ3v) is 20.2. The van der Waals surface area contributed by atoms with E-state index in [1.54, 1.807) is 0 Å². The van der Waals surface area contributed by atoms with Gasteiger partial charge in [-0.2, -0.15) is 0 Å². The van der Waals surface area contributed by atoms with Crippen LogP contribution in [0.4, 0.5) is 0 Å². The minimum Gasteiger partial charge on any atom is -0.466 e. The molecule has 0 aliphatic carbocycles. The number of aliphatic hydroxyl groups excluding tert-OH is 2. The second-order valence-electron chi connectivity index (χ2n) is 29.5. The summed E-state index contributed by atoms with van der Waals surface area (Å²) in [5, 5.41) is 23.5. The van der Waals surface area contributed by atoms with E-state index in [1.807, 2.05) is 0 Å². The maximum Gasteiger partial charge on any atom is 0.305 e. The van der Waals surface area contributed by atoms with Crippen molar-refractivity contribution in [2.75, 3.05) is 13.2 Å². The summed E-state index contributed by atoms with van der Waals surface area (Å²) in [6.07, 6.45) is 108. The lowest BCUT2D eigenvalue weighted by Gasteiger charge is -2.22. The van der Waals surface area contributed by atoms with Gasteiger partial charge in [0.2, 0.25) is 5.91 Å². The Morgan fingerprint density at radius 2 is 0.538 bits per heavy atom. The molecule has 0 spiro atoms. The zero-order valence-electron chi connectivity index (χ0n) is 63.3. The van der Waals surface area contributed by atoms with Gasteiger partial charge in [0, 0.05) is 12.8 Å². The number of esters is 1. The number of hydrogen-bond acceptors (Lipinski definition) is 5. The molecule has 0 bridgehead atoms. The largest absolute Gasteiger partial charge is 0.466 e. The molecule has 0 aromatic rings. The SMILES string of the molecule is CCCCCC/C=C\C/C=C\CCCCCCCCCC(=O)OCCCCCCCCCCCCCCCCCC/C=C\CCCCCCCCCCCCCCCCCCCC(=O)NC(CO)C(O)CCCCCCCCCCCCCCCCCCCCCCC. The molecule has 2 unspecified atom stereocenters. The summed E-state index contributed by atoms with van der Waals surface area (Å²) in [4.78, 5) is 24.7. The minimum absolute atomic E-state index is 0.0150. The smallest absolute Gasteiger partial charge is 0.305 e. The van der Waals surface area contributed by atoms with Crippen LogP contribution in [0, 0.1) is 0 Å². The Bertz CT molecular complexity index is 1510. The molecule has 0 aliphatic rings. The first-order chi connectivity index (χ1) is 46.0. The maximum atomic E-state index is 12.6. The van der Waals surface area contributed by atoms with Crippen molar-refractivity contribution in [2.45, 2.75) is 495 Å². The minimum atomic E-state index is -0.663. The van der Waals surface area contributed by atoms with Gasteiger partial charge in [-0.15, -0.1) is 0 Å². The van der Waals surface area contributed by atoms with Gasteiger partial charge in [0.15, 0.2) is 0 Å². The Kier molecular flexibility index (Phi) is 80.8. The average Bonchev–Trinajstić information content (AvgIpc) is 3.78. The highest BCUT2D eigenvalue weighted by Crippen LogP contribution is 2.20. The van der Waals surface area contributed by atoms with E-state index in [-0.39, 0.29) is 18.5 Å². The third-order valence-electron chi connectivity index (χ3n) is 20.2. The number of aliphatic hydroxyl groups is 2.